The summed E-state index contributed by atoms with van der Waals surface area (Å²) in [5, 5.41) is 7.84. The Balaban J connectivity index is 1.36. The van der Waals surface area contributed by atoms with Crippen LogP contribution in [0.4, 0.5) is 0 Å². The van der Waals surface area contributed by atoms with Gasteiger partial charge in [-0.15, -0.1) is 11.3 Å². The van der Waals surface area contributed by atoms with Crippen LogP contribution < -0.4 is 0 Å². The van der Waals surface area contributed by atoms with Gasteiger partial charge >= 0.3 is 0 Å². The van der Waals surface area contributed by atoms with Crippen LogP contribution in [0.2, 0.25) is 0 Å². The Morgan fingerprint density at radius 3 is 1.35 bits per heavy atom. The van der Waals surface area contributed by atoms with Crippen LogP contribution in [0, 0.1) is 0 Å². The summed E-state index contributed by atoms with van der Waals surface area (Å²) in [5.74, 6) is 0. The van der Waals surface area contributed by atoms with Crippen LogP contribution in [-0.2, 0) is 16.2 Å². The molecular weight excluding hydrogens is 637 g/mol. The minimum Gasteiger partial charge on any atom is -0.309 e. The van der Waals surface area contributed by atoms with Crippen molar-refractivity contribution in [2.45, 2.75) is 78.6 Å². The largest absolute Gasteiger partial charge is 0.309 e. The molecule has 3 heteroatoms. The van der Waals surface area contributed by atoms with Gasteiger partial charge in [-0.1, -0.05) is 105 Å². The van der Waals surface area contributed by atoms with E-state index in [1.165, 1.54) is 91.8 Å². The van der Waals surface area contributed by atoms with E-state index in [-0.39, 0.29) is 16.2 Å². The van der Waals surface area contributed by atoms with Gasteiger partial charge < -0.3 is 9.13 Å². The van der Waals surface area contributed by atoms with Gasteiger partial charge in [0.25, 0.3) is 0 Å². The Morgan fingerprint density at radius 2 is 0.804 bits per heavy atom. The molecule has 0 fully saturated rings. The summed E-state index contributed by atoms with van der Waals surface area (Å²) in [6.45, 7) is 20.8. The first kappa shape index (κ1) is 32.1. The lowest BCUT2D eigenvalue weighted by Crippen LogP contribution is -2.10. The van der Waals surface area contributed by atoms with E-state index in [2.05, 4.69) is 187 Å². The van der Waals surface area contributed by atoms with Crippen LogP contribution in [0.15, 0.2) is 115 Å². The number of aromatic nitrogens is 2. The van der Waals surface area contributed by atoms with Crippen molar-refractivity contribution in [2.75, 3.05) is 0 Å². The van der Waals surface area contributed by atoms with Crippen molar-refractivity contribution >= 4 is 75.1 Å². The molecule has 6 aromatic carbocycles. The summed E-state index contributed by atoms with van der Waals surface area (Å²) in [6.07, 6.45) is 0. The van der Waals surface area contributed by atoms with Gasteiger partial charge in [-0.25, -0.2) is 0 Å². The Kier molecular flexibility index (Phi) is 6.81. The second kappa shape index (κ2) is 10.8. The lowest BCUT2D eigenvalue weighted by molar-refractivity contribution is 0.590. The maximum absolute atomic E-state index is 2.50. The number of rotatable bonds is 2. The molecule has 0 amide bonds. The van der Waals surface area contributed by atoms with E-state index in [4.69, 9.17) is 0 Å². The normalized spacial score (nSPS) is 13.2. The molecule has 0 radical (unpaired) electrons. The van der Waals surface area contributed by atoms with Gasteiger partial charge in [0, 0.05) is 53.1 Å². The molecule has 0 N–H and O–H groups in total. The molecule has 0 atom stereocenters. The summed E-state index contributed by atoms with van der Waals surface area (Å²) >= 11 is 1.87. The molecule has 0 saturated carbocycles. The highest BCUT2D eigenvalue weighted by Crippen LogP contribution is 2.42. The molecule has 254 valence electrons. The second-order valence-corrected chi connectivity index (χ2v) is 18.7. The fraction of sp³-hybridized carbons (Fsp3) is 0.250. The number of fused-ring (bicyclic) bond motifs is 9. The quantitative estimate of drug-likeness (QED) is 0.172. The molecule has 0 spiro atoms. The van der Waals surface area contributed by atoms with Gasteiger partial charge in [-0.2, -0.15) is 0 Å². The van der Waals surface area contributed by atoms with Crippen LogP contribution in [-0.4, -0.2) is 9.13 Å². The fourth-order valence-electron chi connectivity index (χ4n) is 7.98. The molecule has 51 heavy (non-hydrogen) atoms. The van der Waals surface area contributed by atoms with Gasteiger partial charge in [0.1, 0.15) is 0 Å². The molecule has 3 aromatic heterocycles. The third kappa shape index (κ3) is 5.04. The minimum atomic E-state index is 0.0534. The molecule has 0 aliphatic rings. The summed E-state index contributed by atoms with van der Waals surface area (Å²) in [7, 11) is 0. The number of hydrogen-bond donors (Lipinski definition) is 0. The van der Waals surface area contributed by atoms with Crippen LogP contribution >= 0.6 is 11.3 Å². The van der Waals surface area contributed by atoms with E-state index in [0.717, 1.165) is 0 Å². The van der Waals surface area contributed by atoms with E-state index in [9.17, 15) is 0 Å². The van der Waals surface area contributed by atoms with Crippen LogP contribution in [0.3, 0.4) is 0 Å². The van der Waals surface area contributed by atoms with Crippen molar-refractivity contribution in [3.8, 4) is 11.4 Å². The van der Waals surface area contributed by atoms with Crippen molar-refractivity contribution in [1.82, 2.24) is 9.13 Å². The summed E-state index contributed by atoms with van der Waals surface area (Å²) in [5.41, 5.74) is 11.6. The SMILES string of the molecule is CC(C)(C)c1ccc2c(c1)c1cc(C(C)(C)C)ccc1n2-c1ccc2c3cc(C(C)(C)C)ccc3n(-c3ccc4sc5ccccc5c4c3)c2c1. The molecule has 0 bridgehead atoms. The monoisotopic (exact) mass is 682 g/mol. The highest BCUT2D eigenvalue weighted by Gasteiger charge is 2.23. The van der Waals surface area contributed by atoms with Crippen molar-refractivity contribution in [3.05, 3.63) is 132 Å². The van der Waals surface area contributed by atoms with Crippen LogP contribution in [0.1, 0.15) is 79.0 Å². The van der Waals surface area contributed by atoms with Gasteiger partial charge in [0.05, 0.1) is 22.1 Å². The highest BCUT2D eigenvalue weighted by molar-refractivity contribution is 7.25. The number of nitrogens with zero attached hydrogens (tertiary/aromatic N) is 2. The smallest absolute Gasteiger partial charge is 0.0561 e. The van der Waals surface area contributed by atoms with E-state index < -0.39 is 0 Å². The van der Waals surface area contributed by atoms with Crippen molar-refractivity contribution in [2.24, 2.45) is 0 Å². The first-order valence-corrected chi connectivity index (χ1v) is 19.1. The summed E-state index contributed by atoms with van der Waals surface area (Å²) in [6, 6.07) is 44.2. The zero-order chi connectivity index (χ0) is 35.6. The molecule has 0 saturated heterocycles. The first-order chi connectivity index (χ1) is 24.2. The van der Waals surface area contributed by atoms with Crippen molar-refractivity contribution in [1.29, 1.82) is 0 Å². The lowest BCUT2D eigenvalue weighted by atomic mass is 9.85. The van der Waals surface area contributed by atoms with Crippen LogP contribution in [0.5, 0.6) is 0 Å². The Bertz CT molecular complexity index is 2780. The number of hydrogen-bond acceptors (Lipinski definition) is 1. The average Bonchev–Trinajstić information content (AvgIpc) is 3.73. The minimum absolute atomic E-state index is 0.0534. The zero-order valence-electron chi connectivity index (χ0n) is 31.3. The molecule has 9 rings (SSSR count). The predicted octanol–water partition coefficient (Wildman–Crippen LogP) is 14.1. The maximum Gasteiger partial charge on any atom is 0.0561 e. The number of benzene rings is 6. The second-order valence-electron chi connectivity index (χ2n) is 17.6. The topological polar surface area (TPSA) is 9.86 Å². The Labute approximate surface area is 304 Å². The molecule has 9 aromatic rings. The molecule has 0 aliphatic heterocycles. The van der Waals surface area contributed by atoms with Gasteiger partial charge in [-0.3, -0.25) is 0 Å². The Morgan fingerprint density at radius 1 is 0.353 bits per heavy atom. The third-order valence-electron chi connectivity index (χ3n) is 11.0. The van der Waals surface area contributed by atoms with Crippen molar-refractivity contribution in [3.63, 3.8) is 0 Å². The number of thiophene rings is 1. The average molecular weight is 683 g/mol. The van der Waals surface area contributed by atoms with E-state index in [1.807, 2.05) is 11.3 Å². The van der Waals surface area contributed by atoms with E-state index in [1.54, 1.807) is 0 Å². The Hall–Kier alpha value is -4.86. The third-order valence-corrected chi connectivity index (χ3v) is 12.1. The molecule has 2 nitrogen and oxygen atoms in total. The molecular formula is C48H46N2S. The van der Waals surface area contributed by atoms with E-state index in [0.29, 0.717) is 0 Å². The highest BCUT2D eigenvalue weighted by atomic mass is 32.1. The summed E-state index contributed by atoms with van der Waals surface area (Å²) in [4.78, 5) is 0. The standard InChI is InChI=1S/C48H46N2S/c1-46(2,3)29-14-20-40-36(24-29)34-19-17-33(28-43(34)50(40)32-18-23-45-39(27-32)35-12-10-11-13-44(35)51-45)49-41-21-15-30(47(4,5)6)25-37(41)38-26-31(48(7,8)9)16-22-42(38)49/h10-28H,1-9H3. The van der Waals surface area contributed by atoms with Gasteiger partial charge in [0.2, 0.25) is 0 Å². The first-order valence-electron chi connectivity index (χ1n) is 18.3. The van der Waals surface area contributed by atoms with Crippen LogP contribution in [0.25, 0.3) is 75.2 Å². The molecule has 3 heterocycles. The van der Waals surface area contributed by atoms with Gasteiger partial charge in [0.15, 0.2) is 0 Å². The van der Waals surface area contributed by atoms with Crippen molar-refractivity contribution < 1.29 is 0 Å². The maximum atomic E-state index is 2.50. The fourth-order valence-corrected chi connectivity index (χ4v) is 9.07. The zero-order valence-corrected chi connectivity index (χ0v) is 32.1. The predicted molar refractivity (Wildman–Crippen MR) is 224 cm³/mol. The van der Waals surface area contributed by atoms with E-state index >= 15 is 0 Å². The lowest BCUT2D eigenvalue weighted by Gasteiger charge is -2.19. The summed E-state index contributed by atoms with van der Waals surface area (Å²) < 4.78 is 7.64. The molecule has 0 aliphatic carbocycles. The molecule has 0 unspecified atom stereocenters. The van der Waals surface area contributed by atoms with Gasteiger partial charge in [-0.05, 0) is 106 Å².